The van der Waals surface area contributed by atoms with Gasteiger partial charge < -0.3 is 15.4 Å². The van der Waals surface area contributed by atoms with Crippen LogP contribution in [0.3, 0.4) is 0 Å². The molecular formula is C10H21N3O2. The summed E-state index contributed by atoms with van der Waals surface area (Å²) in [5.74, 6) is -0.132. The Morgan fingerprint density at radius 2 is 2.07 bits per heavy atom. The highest BCUT2D eigenvalue weighted by Crippen LogP contribution is 1.88. The maximum Gasteiger partial charge on any atom is 0.177 e. The number of Topliss-reactive ketones (excluding diaryl/α,β-unsaturated/α-hetero) is 1. The lowest BCUT2D eigenvalue weighted by Gasteiger charge is -2.09. The lowest BCUT2D eigenvalue weighted by molar-refractivity contribution is -0.112. The van der Waals surface area contributed by atoms with Gasteiger partial charge in [-0.15, -0.1) is 0 Å². The molecule has 0 atom stereocenters. The van der Waals surface area contributed by atoms with Gasteiger partial charge in [-0.05, 0) is 46.6 Å². The molecule has 0 aliphatic carbocycles. The van der Waals surface area contributed by atoms with Crippen LogP contribution in [0.25, 0.3) is 0 Å². The highest BCUT2D eigenvalue weighted by molar-refractivity contribution is 6.27. The minimum atomic E-state index is -0.132. The predicted octanol–water partition coefficient (Wildman–Crippen LogP) is 0.337. The third kappa shape index (κ3) is 11.0. The van der Waals surface area contributed by atoms with Crippen molar-refractivity contribution in [3.63, 3.8) is 0 Å². The predicted molar refractivity (Wildman–Crippen MR) is 60.6 cm³/mol. The molecule has 0 bridgehead atoms. The maximum absolute atomic E-state index is 10.9. The molecule has 0 aliphatic rings. The molecule has 5 nitrogen and oxygen atoms in total. The molecule has 88 valence electrons. The summed E-state index contributed by atoms with van der Waals surface area (Å²) in [5.41, 5.74) is 0. The van der Waals surface area contributed by atoms with Crippen molar-refractivity contribution in [1.29, 1.82) is 0 Å². The molecule has 0 spiro atoms. The summed E-state index contributed by atoms with van der Waals surface area (Å²) in [6, 6.07) is 0. The lowest BCUT2D eigenvalue weighted by atomic mass is 10.2. The van der Waals surface area contributed by atoms with Crippen molar-refractivity contribution >= 4 is 12.0 Å². The molecule has 0 rings (SSSR count). The zero-order valence-corrected chi connectivity index (χ0v) is 9.57. The van der Waals surface area contributed by atoms with E-state index in [1.54, 1.807) is 0 Å². The quantitative estimate of drug-likeness (QED) is 0.252. The van der Waals surface area contributed by atoms with Crippen LogP contribution < -0.4 is 5.32 Å². The minimum Gasteiger partial charge on any atom is -0.411 e. The van der Waals surface area contributed by atoms with Crippen LogP contribution in [0, 0.1) is 0 Å². The second-order valence-corrected chi connectivity index (χ2v) is 3.72. The molecule has 2 N–H and O–H groups in total. The van der Waals surface area contributed by atoms with E-state index < -0.39 is 0 Å². The molecule has 0 aromatic rings. The fourth-order valence-corrected chi connectivity index (χ4v) is 1.16. The van der Waals surface area contributed by atoms with Gasteiger partial charge in [-0.3, -0.25) is 4.79 Å². The molecule has 15 heavy (non-hydrogen) atoms. The normalized spacial score (nSPS) is 11.4. The lowest BCUT2D eigenvalue weighted by Crippen LogP contribution is -2.22. The zero-order valence-electron chi connectivity index (χ0n) is 9.57. The molecule has 0 aromatic carbocycles. The Kier molecular flexibility index (Phi) is 9.01. The topological polar surface area (TPSA) is 64.9 Å². The first-order valence-corrected chi connectivity index (χ1v) is 5.22. The number of rotatable bonds is 9. The number of nitrogens with zero attached hydrogens (tertiary/aromatic N) is 2. The van der Waals surface area contributed by atoms with Crippen LogP contribution in [-0.2, 0) is 4.79 Å². The molecule has 0 radical (unpaired) electrons. The van der Waals surface area contributed by atoms with E-state index in [9.17, 15) is 4.79 Å². The summed E-state index contributed by atoms with van der Waals surface area (Å²) in [6.07, 6.45) is 3.28. The Morgan fingerprint density at radius 1 is 1.40 bits per heavy atom. The molecule has 0 saturated heterocycles. The largest absolute Gasteiger partial charge is 0.411 e. The number of carbonyl (C=O) groups excluding carboxylic acids is 1. The third-order valence-corrected chi connectivity index (χ3v) is 1.94. The van der Waals surface area contributed by atoms with E-state index in [2.05, 4.69) is 15.4 Å². The molecule has 0 saturated carbocycles. The van der Waals surface area contributed by atoms with Crippen LogP contribution in [0.2, 0.25) is 0 Å². The van der Waals surface area contributed by atoms with Crippen molar-refractivity contribution in [2.24, 2.45) is 5.16 Å². The van der Waals surface area contributed by atoms with E-state index in [4.69, 9.17) is 5.21 Å². The van der Waals surface area contributed by atoms with Gasteiger partial charge in [0.15, 0.2) is 5.78 Å². The van der Waals surface area contributed by atoms with E-state index in [0.717, 1.165) is 38.7 Å². The second-order valence-electron chi connectivity index (χ2n) is 3.72. The molecule has 0 fully saturated rings. The van der Waals surface area contributed by atoms with Crippen LogP contribution >= 0.6 is 0 Å². The van der Waals surface area contributed by atoms with Gasteiger partial charge in [-0.1, -0.05) is 5.16 Å². The van der Waals surface area contributed by atoms with Gasteiger partial charge in [0, 0.05) is 6.42 Å². The smallest absolute Gasteiger partial charge is 0.177 e. The van der Waals surface area contributed by atoms with Gasteiger partial charge in [0.25, 0.3) is 0 Å². The third-order valence-electron chi connectivity index (χ3n) is 1.94. The number of ketones is 1. The Bertz CT molecular complexity index is 193. The molecule has 0 aromatic heterocycles. The minimum absolute atomic E-state index is 0.132. The Morgan fingerprint density at radius 3 is 2.67 bits per heavy atom. The second kappa shape index (κ2) is 9.61. The standard InChI is InChI=1S/C10H21N3O2/c1-13(2)8-4-7-11-6-3-5-10(14)9-12-15/h9,11,15H,3-8H2,1-2H3/b12-9-. The molecule has 0 heterocycles. The Balaban J connectivity index is 3.15. The average molecular weight is 215 g/mol. The first-order chi connectivity index (χ1) is 7.16. The average Bonchev–Trinajstić information content (AvgIpc) is 2.16. The van der Waals surface area contributed by atoms with Gasteiger partial charge in [-0.2, -0.15) is 0 Å². The number of nitrogens with one attached hydrogen (secondary N) is 1. The van der Waals surface area contributed by atoms with Crippen LogP contribution in [0.1, 0.15) is 19.3 Å². The van der Waals surface area contributed by atoms with Gasteiger partial charge in [0.2, 0.25) is 0 Å². The highest BCUT2D eigenvalue weighted by Gasteiger charge is 1.97. The molecule has 0 amide bonds. The fourth-order valence-electron chi connectivity index (χ4n) is 1.16. The Labute approximate surface area is 91.1 Å². The van der Waals surface area contributed by atoms with E-state index >= 15 is 0 Å². The number of oxime groups is 1. The van der Waals surface area contributed by atoms with Crippen LogP contribution in [0.5, 0.6) is 0 Å². The first-order valence-electron chi connectivity index (χ1n) is 5.22. The maximum atomic E-state index is 10.9. The van der Waals surface area contributed by atoms with Crippen molar-refractivity contribution in [2.75, 3.05) is 33.7 Å². The number of carbonyl (C=O) groups is 1. The summed E-state index contributed by atoms with van der Waals surface area (Å²) in [5, 5.41) is 14.0. The SMILES string of the molecule is CN(C)CCCNCCCC(=O)/C=N\O. The monoisotopic (exact) mass is 215 g/mol. The summed E-state index contributed by atoms with van der Waals surface area (Å²) in [7, 11) is 4.10. The van der Waals surface area contributed by atoms with E-state index in [1.165, 1.54) is 0 Å². The summed E-state index contributed by atoms with van der Waals surface area (Å²) >= 11 is 0. The van der Waals surface area contributed by atoms with E-state index in [0.29, 0.717) is 6.42 Å². The van der Waals surface area contributed by atoms with Gasteiger partial charge in [-0.25, -0.2) is 0 Å². The highest BCUT2D eigenvalue weighted by atomic mass is 16.4. The summed E-state index contributed by atoms with van der Waals surface area (Å²) < 4.78 is 0. The van der Waals surface area contributed by atoms with Crippen molar-refractivity contribution in [3.05, 3.63) is 0 Å². The van der Waals surface area contributed by atoms with Gasteiger partial charge in [0.1, 0.15) is 6.21 Å². The van der Waals surface area contributed by atoms with Crippen LogP contribution in [-0.4, -0.2) is 55.8 Å². The Hall–Kier alpha value is -0.940. The van der Waals surface area contributed by atoms with E-state index in [-0.39, 0.29) is 5.78 Å². The first kappa shape index (κ1) is 14.1. The van der Waals surface area contributed by atoms with Gasteiger partial charge in [0.05, 0.1) is 0 Å². The van der Waals surface area contributed by atoms with Crippen molar-refractivity contribution in [1.82, 2.24) is 10.2 Å². The van der Waals surface area contributed by atoms with Crippen LogP contribution in [0.4, 0.5) is 0 Å². The molecule has 0 unspecified atom stereocenters. The molecular weight excluding hydrogens is 194 g/mol. The van der Waals surface area contributed by atoms with Crippen molar-refractivity contribution in [2.45, 2.75) is 19.3 Å². The molecule has 5 heteroatoms. The van der Waals surface area contributed by atoms with Gasteiger partial charge >= 0.3 is 0 Å². The van der Waals surface area contributed by atoms with Crippen molar-refractivity contribution in [3.8, 4) is 0 Å². The number of hydrogen-bond acceptors (Lipinski definition) is 5. The zero-order chi connectivity index (χ0) is 11.5. The van der Waals surface area contributed by atoms with Crippen LogP contribution in [0.15, 0.2) is 5.16 Å². The van der Waals surface area contributed by atoms with Crippen molar-refractivity contribution < 1.29 is 10.0 Å². The number of hydrogen-bond donors (Lipinski definition) is 2. The molecule has 0 aliphatic heterocycles. The summed E-state index contributed by atoms with van der Waals surface area (Å²) in [6.45, 7) is 2.88. The summed E-state index contributed by atoms with van der Waals surface area (Å²) in [4.78, 5) is 13.0. The van der Waals surface area contributed by atoms with E-state index in [1.807, 2.05) is 14.1 Å². The fraction of sp³-hybridized carbons (Fsp3) is 0.800.